The Morgan fingerprint density at radius 3 is 2.47 bits per heavy atom. The van der Waals surface area contributed by atoms with E-state index in [0.717, 1.165) is 3.57 Å². The molecule has 0 fully saturated rings. The molecule has 5 aromatic rings. The van der Waals surface area contributed by atoms with Crippen molar-refractivity contribution in [3.8, 4) is 22.8 Å². The number of rotatable bonds is 6. The lowest BCUT2D eigenvalue weighted by molar-refractivity contribution is 0.380. The van der Waals surface area contributed by atoms with Crippen molar-refractivity contribution in [1.29, 1.82) is 0 Å². The van der Waals surface area contributed by atoms with Crippen molar-refractivity contribution in [3.63, 3.8) is 0 Å². The molecular weight excluding hydrogens is 571 g/mol. The summed E-state index contributed by atoms with van der Waals surface area (Å²) >= 11 is 2.13. The molecule has 10 nitrogen and oxygen atoms in total. The lowest BCUT2D eigenvalue weighted by Crippen LogP contribution is -2.28. The van der Waals surface area contributed by atoms with Gasteiger partial charge in [-0.15, -0.1) is 0 Å². The highest BCUT2D eigenvalue weighted by atomic mass is 127. The van der Waals surface area contributed by atoms with Crippen LogP contribution in [0.2, 0.25) is 0 Å². The molecule has 0 amide bonds. The number of methoxy groups -OCH3 is 1. The molecular formula is C25H21IN8O2. The zero-order valence-corrected chi connectivity index (χ0v) is 21.5. The van der Waals surface area contributed by atoms with Gasteiger partial charge in [0.1, 0.15) is 11.6 Å². The number of halogens is 1. The number of nitrogens with one attached hydrogen (secondary N) is 1. The fourth-order valence-electron chi connectivity index (χ4n) is 3.92. The van der Waals surface area contributed by atoms with Crippen LogP contribution in [0.1, 0.15) is 18.8 Å². The van der Waals surface area contributed by atoms with E-state index in [2.05, 4.69) is 47.8 Å². The third-order valence-electron chi connectivity index (χ3n) is 5.56. The van der Waals surface area contributed by atoms with E-state index >= 15 is 0 Å². The van der Waals surface area contributed by atoms with Crippen LogP contribution >= 0.6 is 22.6 Å². The van der Waals surface area contributed by atoms with Gasteiger partial charge < -0.3 is 15.8 Å². The minimum absolute atomic E-state index is 0.156. The number of hydrogen-bond donors (Lipinski definition) is 2. The van der Waals surface area contributed by atoms with Crippen molar-refractivity contribution in [2.24, 2.45) is 0 Å². The molecule has 0 saturated heterocycles. The molecule has 0 spiro atoms. The second kappa shape index (κ2) is 9.85. The van der Waals surface area contributed by atoms with Crippen molar-refractivity contribution in [2.45, 2.75) is 13.0 Å². The van der Waals surface area contributed by atoms with E-state index in [1.807, 2.05) is 55.5 Å². The number of nitrogens with two attached hydrogens (primary N) is 1. The molecule has 3 aromatic heterocycles. The number of nitrogen functional groups attached to an aromatic ring is 1. The van der Waals surface area contributed by atoms with Gasteiger partial charge in [0.25, 0.3) is 5.56 Å². The summed E-state index contributed by atoms with van der Waals surface area (Å²) < 4.78 is 7.49. The summed E-state index contributed by atoms with van der Waals surface area (Å²) in [5, 5.41) is 3.80. The fraction of sp³-hybridized carbons (Fsp3) is 0.120. The first-order chi connectivity index (χ1) is 17.5. The van der Waals surface area contributed by atoms with Gasteiger partial charge in [-0.2, -0.15) is 4.98 Å². The van der Waals surface area contributed by atoms with Crippen LogP contribution in [0.3, 0.4) is 0 Å². The maximum Gasteiger partial charge on any atom is 0.316 e. The molecule has 3 heterocycles. The summed E-state index contributed by atoms with van der Waals surface area (Å²) in [6.45, 7) is 1.92. The van der Waals surface area contributed by atoms with Gasteiger partial charge in [-0.25, -0.2) is 19.9 Å². The van der Waals surface area contributed by atoms with Crippen LogP contribution in [0.4, 0.5) is 11.8 Å². The van der Waals surface area contributed by atoms with E-state index in [0.29, 0.717) is 39.4 Å². The molecule has 1 atom stereocenters. The largest absolute Gasteiger partial charge is 0.467 e. The van der Waals surface area contributed by atoms with E-state index in [1.54, 1.807) is 23.2 Å². The van der Waals surface area contributed by atoms with Crippen LogP contribution in [0, 0.1) is 3.57 Å². The highest BCUT2D eigenvalue weighted by molar-refractivity contribution is 14.1. The Kier molecular flexibility index (Phi) is 6.46. The van der Waals surface area contributed by atoms with Gasteiger partial charge in [0.05, 0.1) is 33.3 Å². The Balaban J connectivity index is 1.73. The minimum atomic E-state index is -0.391. The smallest absolute Gasteiger partial charge is 0.316 e. The van der Waals surface area contributed by atoms with Crippen molar-refractivity contribution in [2.75, 3.05) is 18.2 Å². The molecule has 0 aliphatic carbocycles. The predicted octanol–water partition coefficient (Wildman–Crippen LogP) is 4.00. The first-order valence-electron chi connectivity index (χ1n) is 11.0. The molecule has 36 heavy (non-hydrogen) atoms. The van der Waals surface area contributed by atoms with E-state index in [4.69, 9.17) is 15.5 Å². The number of hydrogen-bond acceptors (Lipinski definition) is 9. The molecule has 0 aliphatic heterocycles. The fourth-order valence-corrected chi connectivity index (χ4v) is 4.33. The van der Waals surface area contributed by atoms with E-state index < -0.39 is 6.04 Å². The number of fused-ring (bicyclic) bond motifs is 1. The molecule has 0 saturated carbocycles. The predicted molar refractivity (Wildman–Crippen MR) is 146 cm³/mol. The van der Waals surface area contributed by atoms with Crippen LogP contribution in [-0.4, -0.2) is 36.6 Å². The number of para-hydroxylation sites is 1. The zero-order chi connectivity index (χ0) is 25.2. The van der Waals surface area contributed by atoms with Crippen LogP contribution in [0.25, 0.3) is 27.7 Å². The summed E-state index contributed by atoms with van der Waals surface area (Å²) in [5.74, 6) is 1.24. The maximum atomic E-state index is 14.1. The molecule has 180 valence electrons. The Labute approximate surface area is 219 Å². The lowest BCUT2D eigenvalue weighted by Gasteiger charge is -2.21. The molecule has 5 rings (SSSR count). The first kappa shape index (κ1) is 23.6. The minimum Gasteiger partial charge on any atom is -0.467 e. The summed E-state index contributed by atoms with van der Waals surface area (Å²) in [5.41, 5.74) is 8.20. The average molecular weight is 592 g/mol. The Bertz CT molecular complexity index is 1610. The van der Waals surface area contributed by atoms with Gasteiger partial charge in [0.15, 0.2) is 0 Å². The topological polar surface area (TPSA) is 134 Å². The maximum absolute atomic E-state index is 14.1. The van der Waals surface area contributed by atoms with E-state index in [9.17, 15) is 4.79 Å². The van der Waals surface area contributed by atoms with E-state index in [1.165, 1.54) is 7.11 Å². The molecule has 11 heteroatoms. The van der Waals surface area contributed by atoms with Gasteiger partial charge in [0, 0.05) is 24.2 Å². The summed E-state index contributed by atoms with van der Waals surface area (Å²) in [4.78, 5) is 35.8. The molecule has 0 radical (unpaired) electrons. The van der Waals surface area contributed by atoms with Crippen molar-refractivity contribution in [1.82, 2.24) is 29.5 Å². The van der Waals surface area contributed by atoms with Gasteiger partial charge in [0.2, 0.25) is 5.95 Å². The summed E-state index contributed by atoms with van der Waals surface area (Å²) in [7, 11) is 1.50. The zero-order valence-electron chi connectivity index (χ0n) is 19.4. The number of ether oxygens (including phenoxy) is 1. The summed E-state index contributed by atoms with van der Waals surface area (Å²) in [6, 6.07) is 14.8. The monoisotopic (exact) mass is 592 g/mol. The van der Waals surface area contributed by atoms with E-state index in [-0.39, 0.29) is 17.5 Å². The van der Waals surface area contributed by atoms with Gasteiger partial charge in [-0.05, 0) is 53.3 Å². The van der Waals surface area contributed by atoms with Gasteiger partial charge in [-0.1, -0.05) is 30.3 Å². The van der Waals surface area contributed by atoms with Crippen LogP contribution < -0.4 is 21.3 Å². The number of nitrogens with zero attached hydrogens (tertiary/aromatic N) is 6. The number of anilines is 2. The van der Waals surface area contributed by atoms with Crippen molar-refractivity contribution >= 4 is 45.3 Å². The van der Waals surface area contributed by atoms with Crippen molar-refractivity contribution < 1.29 is 4.74 Å². The Morgan fingerprint density at radius 2 is 1.75 bits per heavy atom. The quantitative estimate of drug-likeness (QED) is 0.281. The standard InChI is InChI=1S/C25H21IN8O2/c1-14(31-21-18(26)13-28-24(27)33-21)22-32-19-10-6-9-17(15-11-29-25(36-2)30-12-15)20(19)23(35)34(22)16-7-4-3-5-8-16/h3-14H,1-2H3,(H3,27,28,31,33). The van der Waals surface area contributed by atoms with Gasteiger partial charge >= 0.3 is 6.01 Å². The molecule has 0 bridgehead atoms. The Morgan fingerprint density at radius 1 is 1.00 bits per heavy atom. The van der Waals surface area contributed by atoms with Crippen LogP contribution in [0.5, 0.6) is 6.01 Å². The van der Waals surface area contributed by atoms with Crippen LogP contribution in [0.15, 0.2) is 71.9 Å². The molecule has 3 N–H and O–H groups in total. The highest BCUT2D eigenvalue weighted by Crippen LogP contribution is 2.28. The lowest BCUT2D eigenvalue weighted by atomic mass is 10.0. The normalized spacial score (nSPS) is 11.9. The highest BCUT2D eigenvalue weighted by Gasteiger charge is 2.21. The number of benzene rings is 2. The third kappa shape index (κ3) is 4.44. The molecule has 0 aliphatic rings. The summed E-state index contributed by atoms with van der Waals surface area (Å²) in [6.07, 6.45) is 4.90. The second-order valence-electron chi connectivity index (χ2n) is 7.90. The van der Waals surface area contributed by atoms with Crippen LogP contribution in [-0.2, 0) is 0 Å². The third-order valence-corrected chi connectivity index (χ3v) is 6.35. The van der Waals surface area contributed by atoms with Gasteiger partial charge in [-0.3, -0.25) is 9.36 Å². The Hall–Kier alpha value is -4.13. The number of aromatic nitrogens is 6. The molecule has 1 unspecified atom stereocenters. The second-order valence-corrected chi connectivity index (χ2v) is 9.06. The van der Waals surface area contributed by atoms with Crippen molar-refractivity contribution in [3.05, 3.63) is 86.9 Å². The first-order valence-corrected chi connectivity index (χ1v) is 12.1. The average Bonchev–Trinajstić information content (AvgIpc) is 2.90. The molecule has 2 aromatic carbocycles. The SMILES string of the molecule is COc1ncc(-c2cccc3nc(C(C)Nc4nc(N)ncc4I)n(-c4ccccc4)c(=O)c23)cn1.